The molecule has 4 nitrogen and oxygen atoms in total. The van der Waals surface area contributed by atoms with Gasteiger partial charge in [0.25, 0.3) is 0 Å². The molecule has 0 atom stereocenters. The van der Waals surface area contributed by atoms with Gasteiger partial charge in [0.15, 0.2) is 0 Å². The van der Waals surface area contributed by atoms with Crippen molar-refractivity contribution in [2.45, 2.75) is 31.8 Å². The van der Waals surface area contributed by atoms with E-state index in [4.69, 9.17) is 9.52 Å². The van der Waals surface area contributed by atoms with Gasteiger partial charge in [0.2, 0.25) is 0 Å². The zero-order valence-corrected chi connectivity index (χ0v) is 9.98. The van der Waals surface area contributed by atoms with E-state index in [9.17, 15) is 4.79 Å². The quantitative estimate of drug-likeness (QED) is 0.869. The highest BCUT2D eigenvalue weighted by Crippen LogP contribution is 2.25. The number of fused-ring (bicyclic) bond motifs is 1. The fourth-order valence-corrected chi connectivity index (χ4v) is 2.28. The largest absolute Gasteiger partial charge is 0.478 e. The van der Waals surface area contributed by atoms with Gasteiger partial charge in [-0.3, -0.25) is 0 Å². The van der Waals surface area contributed by atoms with Crippen LogP contribution >= 0.6 is 0 Å². The first kappa shape index (κ1) is 11.3. The summed E-state index contributed by atoms with van der Waals surface area (Å²) < 4.78 is 5.40. The van der Waals surface area contributed by atoms with Crippen LogP contribution in [0.15, 0.2) is 28.9 Å². The van der Waals surface area contributed by atoms with Crippen molar-refractivity contribution in [1.82, 2.24) is 5.32 Å². The Kier molecular flexibility index (Phi) is 2.80. The summed E-state index contributed by atoms with van der Waals surface area (Å²) in [4.78, 5) is 11.1. The second kappa shape index (κ2) is 4.46. The molecule has 18 heavy (non-hydrogen) atoms. The monoisotopic (exact) mass is 245 g/mol. The van der Waals surface area contributed by atoms with Gasteiger partial charge in [0, 0.05) is 23.5 Å². The molecule has 1 aliphatic carbocycles. The number of hydrogen-bond donors (Lipinski definition) is 2. The van der Waals surface area contributed by atoms with E-state index in [0.717, 1.165) is 17.5 Å². The molecule has 1 aromatic carbocycles. The summed E-state index contributed by atoms with van der Waals surface area (Å²) in [6.45, 7) is 0.737. The fourth-order valence-electron chi connectivity index (χ4n) is 2.28. The van der Waals surface area contributed by atoms with Crippen LogP contribution in [-0.2, 0) is 6.54 Å². The van der Waals surface area contributed by atoms with E-state index in [1.54, 1.807) is 18.4 Å². The maximum atomic E-state index is 11.1. The van der Waals surface area contributed by atoms with E-state index in [0.29, 0.717) is 11.6 Å². The lowest BCUT2D eigenvalue weighted by atomic mass is 9.93. The van der Waals surface area contributed by atoms with Crippen LogP contribution < -0.4 is 5.32 Å². The van der Waals surface area contributed by atoms with Crippen molar-refractivity contribution in [3.8, 4) is 0 Å². The maximum absolute atomic E-state index is 11.1. The number of para-hydroxylation sites is 1. The Morgan fingerprint density at radius 2 is 2.28 bits per heavy atom. The predicted molar refractivity (Wildman–Crippen MR) is 67.7 cm³/mol. The lowest BCUT2D eigenvalue weighted by molar-refractivity contribution is 0.0698. The van der Waals surface area contributed by atoms with E-state index < -0.39 is 5.97 Å². The molecule has 94 valence electrons. The van der Waals surface area contributed by atoms with Crippen molar-refractivity contribution < 1.29 is 14.3 Å². The summed E-state index contributed by atoms with van der Waals surface area (Å²) in [6.07, 6.45) is 5.42. The van der Waals surface area contributed by atoms with Crippen molar-refractivity contribution >= 4 is 16.9 Å². The number of aromatic carboxylic acids is 1. The second-order valence-electron chi connectivity index (χ2n) is 4.76. The molecule has 0 amide bonds. The smallest absolute Gasteiger partial charge is 0.339 e. The van der Waals surface area contributed by atoms with E-state index in [2.05, 4.69) is 5.32 Å². The Morgan fingerprint density at radius 1 is 1.44 bits per heavy atom. The summed E-state index contributed by atoms with van der Waals surface area (Å²) in [5.41, 5.74) is 1.72. The number of rotatable bonds is 4. The molecule has 1 heterocycles. The Morgan fingerprint density at radius 3 is 2.94 bits per heavy atom. The first-order valence-corrected chi connectivity index (χ1v) is 6.21. The molecule has 0 unspecified atom stereocenters. The molecule has 0 spiro atoms. The summed E-state index contributed by atoms with van der Waals surface area (Å²) in [5.74, 6) is -0.951. The van der Waals surface area contributed by atoms with E-state index in [-0.39, 0.29) is 5.56 Å². The van der Waals surface area contributed by atoms with Gasteiger partial charge in [-0.25, -0.2) is 4.79 Å². The van der Waals surface area contributed by atoms with Crippen molar-refractivity contribution in [3.63, 3.8) is 0 Å². The topological polar surface area (TPSA) is 62.5 Å². The van der Waals surface area contributed by atoms with E-state index in [1.165, 1.54) is 19.3 Å². The first-order chi connectivity index (χ1) is 8.75. The third-order valence-electron chi connectivity index (χ3n) is 3.60. The number of benzene rings is 1. The Balaban J connectivity index is 1.88. The molecule has 1 aromatic heterocycles. The fraction of sp³-hybridized carbons (Fsp3) is 0.357. The lowest BCUT2D eigenvalue weighted by Crippen LogP contribution is -2.34. The molecule has 2 aromatic rings. The number of furan rings is 1. The minimum atomic E-state index is -0.951. The molecular formula is C14H15NO3. The van der Waals surface area contributed by atoms with Crippen molar-refractivity contribution in [2.75, 3.05) is 0 Å². The van der Waals surface area contributed by atoms with Gasteiger partial charge in [-0.2, -0.15) is 0 Å². The molecule has 2 N–H and O–H groups in total. The Bertz CT molecular complexity index is 584. The highest BCUT2D eigenvalue weighted by Gasteiger charge is 2.18. The van der Waals surface area contributed by atoms with Gasteiger partial charge in [0.05, 0.1) is 6.26 Å². The van der Waals surface area contributed by atoms with Crippen LogP contribution in [0.5, 0.6) is 0 Å². The van der Waals surface area contributed by atoms with Crippen LogP contribution in [0.25, 0.3) is 11.0 Å². The normalized spacial score (nSPS) is 15.8. The SMILES string of the molecule is O=C(O)c1cccc2c(CNC3CCC3)coc12. The van der Waals surface area contributed by atoms with Crippen molar-refractivity contribution in [3.05, 3.63) is 35.6 Å². The average molecular weight is 245 g/mol. The molecule has 1 aliphatic rings. The summed E-state index contributed by atoms with van der Waals surface area (Å²) in [5, 5.41) is 13.4. The lowest BCUT2D eigenvalue weighted by Gasteiger charge is -2.26. The average Bonchev–Trinajstić information content (AvgIpc) is 2.70. The van der Waals surface area contributed by atoms with Crippen LogP contribution in [0.2, 0.25) is 0 Å². The highest BCUT2D eigenvalue weighted by molar-refractivity contribution is 6.01. The van der Waals surface area contributed by atoms with Crippen LogP contribution in [0, 0.1) is 0 Å². The third-order valence-corrected chi connectivity index (χ3v) is 3.60. The van der Waals surface area contributed by atoms with E-state index in [1.807, 2.05) is 6.07 Å². The van der Waals surface area contributed by atoms with Crippen LogP contribution in [-0.4, -0.2) is 17.1 Å². The molecule has 1 saturated carbocycles. The molecule has 4 heteroatoms. The molecule has 0 radical (unpaired) electrons. The number of carboxylic acid groups (broad SMARTS) is 1. The molecule has 0 bridgehead atoms. The van der Waals surface area contributed by atoms with Gasteiger partial charge in [-0.1, -0.05) is 18.6 Å². The minimum absolute atomic E-state index is 0.224. The number of nitrogens with one attached hydrogen (secondary N) is 1. The van der Waals surface area contributed by atoms with Crippen LogP contribution in [0.4, 0.5) is 0 Å². The van der Waals surface area contributed by atoms with E-state index >= 15 is 0 Å². The van der Waals surface area contributed by atoms with Gasteiger partial charge in [-0.05, 0) is 18.9 Å². The second-order valence-corrected chi connectivity index (χ2v) is 4.76. The third kappa shape index (κ3) is 1.88. The molecule has 0 aliphatic heterocycles. The number of carbonyl (C=O) groups is 1. The Hall–Kier alpha value is -1.81. The maximum Gasteiger partial charge on any atom is 0.339 e. The molecular weight excluding hydrogens is 230 g/mol. The number of hydrogen-bond acceptors (Lipinski definition) is 3. The first-order valence-electron chi connectivity index (χ1n) is 6.21. The van der Waals surface area contributed by atoms with Gasteiger partial charge < -0.3 is 14.8 Å². The molecule has 1 fully saturated rings. The standard InChI is InChI=1S/C14H15NO3/c16-14(17)12-6-2-5-11-9(8-18-13(11)12)7-15-10-3-1-4-10/h2,5-6,8,10,15H,1,3-4,7H2,(H,16,17). The molecule has 0 saturated heterocycles. The number of carboxylic acids is 1. The zero-order chi connectivity index (χ0) is 12.5. The van der Waals surface area contributed by atoms with Crippen LogP contribution in [0.3, 0.4) is 0 Å². The van der Waals surface area contributed by atoms with Crippen LogP contribution in [0.1, 0.15) is 35.2 Å². The zero-order valence-electron chi connectivity index (χ0n) is 9.98. The van der Waals surface area contributed by atoms with Gasteiger partial charge in [-0.15, -0.1) is 0 Å². The summed E-state index contributed by atoms with van der Waals surface area (Å²) in [6, 6.07) is 5.84. The summed E-state index contributed by atoms with van der Waals surface area (Å²) in [7, 11) is 0. The summed E-state index contributed by atoms with van der Waals surface area (Å²) >= 11 is 0. The van der Waals surface area contributed by atoms with Gasteiger partial charge >= 0.3 is 5.97 Å². The molecule has 3 rings (SSSR count). The predicted octanol–water partition coefficient (Wildman–Crippen LogP) is 2.77. The van der Waals surface area contributed by atoms with Crippen molar-refractivity contribution in [1.29, 1.82) is 0 Å². The minimum Gasteiger partial charge on any atom is -0.478 e. The highest BCUT2D eigenvalue weighted by atomic mass is 16.4. The van der Waals surface area contributed by atoms with Gasteiger partial charge in [0.1, 0.15) is 11.1 Å². The van der Waals surface area contributed by atoms with Crippen molar-refractivity contribution in [2.24, 2.45) is 0 Å². The Labute approximate surface area is 105 Å².